The summed E-state index contributed by atoms with van der Waals surface area (Å²) in [5.74, 6) is -0.214. The van der Waals surface area contributed by atoms with Gasteiger partial charge in [-0.2, -0.15) is 5.26 Å². The van der Waals surface area contributed by atoms with Gasteiger partial charge in [0.25, 0.3) is 5.91 Å². The second kappa shape index (κ2) is 8.19. The van der Waals surface area contributed by atoms with Gasteiger partial charge >= 0.3 is 0 Å². The number of amides is 1. The Kier molecular flexibility index (Phi) is 6.26. The summed E-state index contributed by atoms with van der Waals surface area (Å²) >= 11 is 0. The van der Waals surface area contributed by atoms with Crippen molar-refractivity contribution in [3.05, 3.63) is 11.8 Å². The lowest BCUT2D eigenvalue weighted by molar-refractivity contribution is -0.118. The van der Waals surface area contributed by atoms with Crippen LogP contribution in [0.2, 0.25) is 0 Å². The summed E-state index contributed by atoms with van der Waals surface area (Å²) in [5.41, 5.74) is 0.229. The van der Waals surface area contributed by atoms with E-state index < -0.39 is 0 Å². The molecular formula is C17H28N4O. The molecule has 2 aliphatic rings. The van der Waals surface area contributed by atoms with Gasteiger partial charge in [0, 0.05) is 25.3 Å². The predicted molar refractivity (Wildman–Crippen MR) is 87.0 cm³/mol. The van der Waals surface area contributed by atoms with E-state index in [0.29, 0.717) is 6.04 Å². The van der Waals surface area contributed by atoms with E-state index in [4.69, 9.17) is 0 Å². The second-order valence-corrected chi connectivity index (χ2v) is 6.66. The summed E-state index contributed by atoms with van der Waals surface area (Å²) in [5, 5.41) is 12.3. The predicted octanol–water partition coefficient (Wildman–Crippen LogP) is 1.87. The number of carbonyl (C=O) groups is 1. The summed E-state index contributed by atoms with van der Waals surface area (Å²) in [4.78, 5) is 16.6. The van der Waals surface area contributed by atoms with Crippen LogP contribution in [0.15, 0.2) is 11.8 Å². The highest BCUT2D eigenvalue weighted by Gasteiger charge is 2.22. The highest BCUT2D eigenvalue weighted by Crippen LogP contribution is 2.18. The van der Waals surface area contributed by atoms with Gasteiger partial charge in [-0.05, 0) is 45.8 Å². The largest absolute Gasteiger partial charge is 0.376 e. The summed E-state index contributed by atoms with van der Waals surface area (Å²) in [6.45, 7) is 2.14. The van der Waals surface area contributed by atoms with E-state index in [1.165, 1.54) is 19.3 Å². The minimum Gasteiger partial charge on any atom is -0.376 e. The molecule has 122 valence electrons. The number of nitrogens with zero attached hydrogens (tertiary/aromatic N) is 3. The molecule has 0 bridgehead atoms. The van der Waals surface area contributed by atoms with Crippen molar-refractivity contribution in [3.63, 3.8) is 0 Å². The molecule has 5 heteroatoms. The van der Waals surface area contributed by atoms with Crippen molar-refractivity contribution in [3.8, 4) is 6.07 Å². The van der Waals surface area contributed by atoms with E-state index in [9.17, 15) is 10.1 Å². The van der Waals surface area contributed by atoms with Gasteiger partial charge in [-0.25, -0.2) is 0 Å². The number of hydrogen-bond acceptors (Lipinski definition) is 4. The van der Waals surface area contributed by atoms with Gasteiger partial charge in [0.2, 0.25) is 0 Å². The molecule has 0 spiro atoms. The molecule has 1 saturated carbocycles. The van der Waals surface area contributed by atoms with Gasteiger partial charge < -0.3 is 15.1 Å². The molecule has 0 atom stereocenters. The Morgan fingerprint density at radius 2 is 1.86 bits per heavy atom. The normalized spacial score (nSPS) is 22.1. The molecule has 2 fully saturated rings. The van der Waals surface area contributed by atoms with Crippen molar-refractivity contribution in [2.24, 2.45) is 0 Å². The van der Waals surface area contributed by atoms with Crippen LogP contribution in [0.5, 0.6) is 0 Å². The van der Waals surface area contributed by atoms with Gasteiger partial charge in [0.1, 0.15) is 11.6 Å². The zero-order valence-electron chi connectivity index (χ0n) is 13.8. The highest BCUT2D eigenvalue weighted by molar-refractivity contribution is 5.97. The van der Waals surface area contributed by atoms with Gasteiger partial charge in [-0.3, -0.25) is 4.79 Å². The zero-order valence-corrected chi connectivity index (χ0v) is 13.8. The molecule has 2 rings (SSSR count). The Bertz CT molecular complexity index is 440. The van der Waals surface area contributed by atoms with Crippen molar-refractivity contribution >= 4 is 5.91 Å². The van der Waals surface area contributed by atoms with Crippen LogP contribution in [0.3, 0.4) is 0 Å². The van der Waals surface area contributed by atoms with Gasteiger partial charge in [0.15, 0.2) is 0 Å². The zero-order chi connectivity index (χ0) is 15.9. The van der Waals surface area contributed by atoms with Gasteiger partial charge in [-0.15, -0.1) is 0 Å². The quantitative estimate of drug-likeness (QED) is 0.636. The molecule has 1 amide bonds. The molecule has 1 heterocycles. The lowest BCUT2D eigenvalue weighted by Gasteiger charge is -2.34. The number of rotatable bonds is 4. The summed E-state index contributed by atoms with van der Waals surface area (Å²) in [7, 11) is 4.10. The molecule has 22 heavy (non-hydrogen) atoms. The molecule has 0 unspecified atom stereocenters. The molecule has 1 N–H and O–H groups in total. The molecule has 0 radical (unpaired) electrons. The number of nitriles is 1. The Morgan fingerprint density at radius 3 is 2.45 bits per heavy atom. The van der Waals surface area contributed by atoms with Crippen LogP contribution >= 0.6 is 0 Å². The Balaban J connectivity index is 1.91. The maximum atomic E-state index is 12.3. The maximum absolute atomic E-state index is 12.3. The lowest BCUT2D eigenvalue weighted by Crippen LogP contribution is -2.41. The molecule has 1 aliphatic heterocycles. The van der Waals surface area contributed by atoms with E-state index in [0.717, 1.165) is 38.8 Å². The minimum absolute atomic E-state index is 0.214. The topological polar surface area (TPSA) is 59.4 Å². The highest BCUT2D eigenvalue weighted by atomic mass is 16.1. The van der Waals surface area contributed by atoms with Crippen LogP contribution in [0.1, 0.15) is 44.9 Å². The fraction of sp³-hybridized carbons (Fsp3) is 0.765. The van der Waals surface area contributed by atoms with E-state index in [1.54, 1.807) is 6.20 Å². The smallest absolute Gasteiger partial charge is 0.263 e. The third kappa shape index (κ3) is 4.74. The summed E-state index contributed by atoms with van der Waals surface area (Å²) in [6, 6.07) is 2.73. The van der Waals surface area contributed by atoms with Crippen LogP contribution in [-0.2, 0) is 4.79 Å². The molecule has 1 saturated heterocycles. The van der Waals surface area contributed by atoms with E-state index in [2.05, 4.69) is 23.3 Å². The van der Waals surface area contributed by atoms with E-state index in [1.807, 2.05) is 11.9 Å². The van der Waals surface area contributed by atoms with Crippen LogP contribution in [-0.4, -0.2) is 55.0 Å². The average Bonchev–Trinajstić information content (AvgIpc) is 2.53. The first-order valence-electron chi connectivity index (χ1n) is 8.43. The number of piperidine rings is 1. The number of likely N-dealkylation sites (tertiary alicyclic amines) is 1. The molecule has 0 aromatic carbocycles. The lowest BCUT2D eigenvalue weighted by atomic mass is 9.95. The SMILES string of the molecule is CN1CCC(N(C)/C=C(/C#N)C(=O)NC2CCCCC2)CC1. The first-order chi connectivity index (χ1) is 10.6. The van der Waals surface area contributed by atoms with Crippen molar-refractivity contribution in [2.75, 3.05) is 27.2 Å². The summed E-state index contributed by atoms with van der Waals surface area (Å²) < 4.78 is 0. The fourth-order valence-electron chi connectivity index (χ4n) is 3.36. The van der Waals surface area contributed by atoms with Crippen LogP contribution in [0.25, 0.3) is 0 Å². The third-order valence-corrected chi connectivity index (χ3v) is 4.90. The van der Waals surface area contributed by atoms with Crippen molar-refractivity contribution in [1.82, 2.24) is 15.1 Å². The molecular weight excluding hydrogens is 276 g/mol. The number of hydrogen-bond donors (Lipinski definition) is 1. The number of nitrogens with one attached hydrogen (secondary N) is 1. The molecule has 0 aromatic heterocycles. The Hall–Kier alpha value is -1.54. The fourth-order valence-corrected chi connectivity index (χ4v) is 3.36. The van der Waals surface area contributed by atoms with Crippen molar-refractivity contribution in [2.45, 2.75) is 57.0 Å². The standard InChI is InChI=1S/C17H28N4O/c1-20-10-8-16(9-11-20)21(2)13-14(12-18)17(22)19-15-6-4-3-5-7-15/h13,15-16H,3-11H2,1-2H3,(H,19,22)/b14-13-. The minimum atomic E-state index is -0.214. The Morgan fingerprint density at radius 1 is 1.23 bits per heavy atom. The van der Waals surface area contributed by atoms with Gasteiger partial charge in [0.05, 0.1) is 0 Å². The third-order valence-electron chi connectivity index (χ3n) is 4.90. The molecule has 1 aliphatic carbocycles. The summed E-state index contributed by atoms with van der Waals surface area (Å²) in [6.07, 6.45) is 9.56. The maximum Gasteiger partial charge on any atom is 0.263 e. The molecule has 5 nitrogen and oxygen atoms in total. The van der Waals surface area contributed by atoms with E-state index >= 15 is 0 Å². The number of carbonyl (C=O) groups excluding carboxylic acids is 1. The van der Waals surface area contributed by atoms with Gasteiger partial charge in [-0.1, -0.05) is 19.3 Å². The van der Waals surface area contributed by atoms with Crippen molar-refractivity contribution in [1.29, 1.82) is 5.26 Å². The molecule has 0 aromatic rings. The Labute approximate surface area is 134 Å². The van der Waals surface area contributed by atoms with Crippen LogP contribution in [0, 0.1) is 11.3 Å². The monoisotopic (exact) mass is 304 g/mol. The first kappa shape index (κ1) is 16.8. The van der Waals surface area contributed by atoms with Crippen molar-refractivity contribution < 1.29 is 4.79 Å². The van der Waals surface area contributed by atoms with Crippen LogP contribution < -0.4 is 5.32 Å². The average molecular weight is 304 g/mol. The first-order valence-corrected chi connectivity index (χ1v) is 8.43. The van der Waals surface area contributed by atoms with Crippen LogP contribution in [0.4, 0.5) is 0 Å². The van der Waals surface area contributed by atoms with E-state index in [-0.39, 0.29) is 17.5 Å². The second-order valence-electron chi connectivity index (χ2n) is 6.66.